The molecule has 2 aliphatic rings. The Hall–Kier alpha value is -0.820. The molecule has 0 N–H and O–H groups in total. The van der Waals surface area contributed by atoms with Crippen molar-refractivity contribution in [3.05, 3.63) is 35.5 Å². The molecule has 0 saturated heterocycles. The van der Waals surface area contributed by atoms with Crippen molar-refractivity contribution in [1.29, 1.82) is 0 Å². The Morgan fingerprint density at radius 1 is 1.33 bits per heavy atom. The van der Waals surface area contributed by atoms with Crippen molar-refractivity contribution in [2.24, 2.45) is 5.92 Å². The van der Waals surface area contributed by atoms with Gasteiger partial charge in [-0.25, -0.2) is 0 Å². The van der Waals surface area contributed by atoms with Crippen LogP contribution in [-0.2, 0) is 0 Å². The standard InChI is InChI=1S/C14H21N/c1-12-7-6-8-13-11-15(2)10-5-3-4-9-14(12)13/h6-9,13H,3-5,10-11H2,1-2H3/b14-9-. The molecule has 1 aliphatic heterocycles. The van der Waals surface area contributed by atoms with E-state index in [1.165, 1.54) is 37.9 Å². The summed E-state index contributed by atoms with van der Waals surface area (Å²) >= 11 is 0. The van der Waals surface area contributed by atoms with E-state index in [-0.39, 0.29) is 0 Å². The van der Waals surface area contributed by atoms with Crippen molar-refractivity contribution in [3.8, 4) is 0 Å². The first-order chi connectivity index (χ1) is 7.27. The van der Waals surface area contributed by atoms with Crippen LogP contribution in [0.2, 0.25) is 0 Å². The summed E-state index contributed by atoms with van der Waals surface area (Å²) in [6.45, 7) is 4.65. The fourth-order valence-electron chi connectivity index (χ4n) is 2.51. The highest BCUT2D eigenvalue weighted by atomic mass is 15.1. The van der Waals surface area contributed by atoms with Crippen LogP contribution in [0.4, 0.5) is 0 Å². The molecular weight excluding hydrogens is 182 g/mol. The maximum absolute atomic E-state index is 2.47. The van der Waals surface area contributed by atoms with E-state index in [1.807, 2.05) is 0 Å². The highest BCUT2D eigenvalue weighted by molar-refractivity contribution is 5.40. The topological polar surface area (TPSA) is 3.24 Å². The largest absolute Gasteiger partial charge is 0.305 e. The number of hydrogen-bond donors (Lipinski definition) is 0. The zero-order chi connectivity index (χ0) is 10.7. The molecule has 0 bridgehead atoms. The first kappa shape index (κ1) is 10.7. The third-order valence-corrected chi connectivity index (χ3v) is 3.41. The van der Waals surface area contributed by atoms with Gasteiger partial charge in [0.25, 0.3) is 0 Å². The molecule has 0 fully saturated rings. The van der Waals surface area contributed by atoms with Crippen LogP contribution in [0.1, 0.15) is 26.2 Å². The molecule has 0 aromatic carbocycles. The Bertz CT molecular complexity index is 309. The Morgan fingerprint density at radius 2 is 2.20 bits per heavy atom. The van der Waals surface area contributed by atoms with E-state index in [0.717, 1.165) is 0 Å². The van der Waals surface area contributed by atoms with E-state index in [2.05, 4.69) is 43.2 Å². The van der Waals surface area contributed by atoms with Gasteiger partial charge in [-0.1, -0.05) is 24.3 Å². The Kier molecular flexibility index (Phi) is 3.42. The number of fused-ring (bicyclic) bond motifs is 1. The van der Waals surface area contributed by atoms with Crippen LogP contribution in [0.15, 0.2) is 35.5 Å². The van der Waals surface area contributed by atoms with Gasteiger partial charge in [-0.05, 0) is 50.9 Å². The molecule has 1 aliphatic carbocycles. The minimum atomic E-state index is 0.623. The Balaban J connectivity index is 2.20. The summed E-state index contributed by atoms with van der Waals surface area (Å²) in [4.78, 5) is 2.47. The molecule has 15 heavy (non-hydrogen) atoms. The third-order valence-electron chi connectivity index (χ3n) is 3.41. The third kappa shape index (κ3) is 2.60. The zero-order valence-corrected chi connectivity index (χ0v) is 9.87. The first-order valence-corrected chi connectivity index (χ1v) is 6.01. The highest BCUT2D eigenvalue weighted by Gasteiger charge is 2.17. The van der Waals surface area contributed by atoms with E-state index in [4.69, 9.17) is 0 Å². The van der Waals surface area contributed by atoms with Gasteiger partial charge < -0.3 is 4.90 Å². The number of allylic oxidation sites excluding steroid dienone is 4. The van der Waals surface area contributed by atoms with Gasteiger partial charge in [0.15, 0.2) is 0 Å². The lowest BCUT2D eigenvalue weighted by atomic mass is 9.88. The molecule has 0 aromatic heterocycles. The summed E-state index contributed by atoms with van der Waals surface area (Å²) in [7, 11) is 2.24. The van der Waals surface area contributed by atoms with Crippen molar-refractivity contribution in [2.45, 2.75) is 26.2 Å². The predicted molar refractivity (Wildman–Crippen MR) is 65.8 cm³/mol. The second-order valence-corrected chi connectivity index (χ2v) is 4.76. The minimum absolute atomic E-state index is 0.623. The van der Waals surface area contributed by atoms with E-state index in [0.29, 0.717) is 5.92 Å². The molecule has 0 spiro atoms. The summed E-state index contributed by atoms with van der Waals surface area (Å²) in [6.07, 6.45) is 13.2. The second-order valence-electron chi connectivity index (χ2n) is 4.76. The summed E-state index contributed by atoms with van der Waals surface area (Å²) < 4.78 is 0. The fourth-order valence-corrected chi connectivity index (χ4v) is 2.51. The fraction of sp³-hybridized carbons (Fsp3) is 0.571. The van der Waals surface area contributed by atoms with Gasteiger partial charge in [0.2, 0.25) is 0 Å². The van der Waals surface area contributed by atoms with Crippen LogP contribution in [0.25, 0.3) is 0 Å². The molecule has 1 nitrogen and oxygen atoms in total. The Labute approximate surface area is 93.2 Å². The maximum Gasteiger partial charge on any atom is 0.0148 e. The van der Waals surface area contributed by atoms with Gasteiger partial charge in [0, 0.05) is 12.5 Å². The van der Waals surface area contributed by atoms with E-state index in [1.54, 1.807) is 5.57 Å². The van der Waals surface area contributed by atoms with Gasteiger partial charge in [0.05, 0.1) is 0 Å². The molecule has 1 atom stereocenters. The molecule has 82 valence electrons. The molecule has 0 aromatic rings. The highest BCUT2D eigenvalue weighted by Crippen LogP contribution is 2.27. The summed E-state index contributed by atoms with van der Waals surface area (Å²) in [5.41, 5.74) is 3.02. The quantitative estimate of drug-likeness (QED) is 0.584. The lowest BCUT2D eigenvalue weighted by molar-refractivity contribution is 0.310. The summed E-state index contributed by atoms with van der Waals surface area (Å²) in [6, 6.07) is 0. The maximum atomic E-state index is 2.47. The van der Waals surface area contributed by atoms with Crippen LogP contribution in [0, 0.1) is 5.92 Å². The SMILES string of the molecule is CC1=CC=CC2CN(C)CCCC/C=C/12. The van der Waals surface area contributed by atoms with Crippen molar-refractivity contribution in [3.63, 3.8) is 0 Å². The van der Waals surface area contributed by atoms with Crippen LogP contribution < -0.4 is 0 Å². The normalized spacial score (nSPS) is 31.7. The van der Waals surface area contributed by atoms with Crippen molar-refractivity contribution in [1.82, 2.24) is 4.90 Å². The minimum Gasteiger partial charge on any atom is -0.305 e. The van der Waals surface area contributed by atoms with Gasteiger partial charge >= 0.3 is 0 Å². The van der Waals surface area contributed by atoms with Gasteiger partial charge in [-0.15, -0.1) is 0 Å². The number of nitrogens with zero attached hydrogens (tertiary/aromatic N) is 1. The molecule has 0 radical (unpaired) electrons. The molecule has 1 unspecified atom stereocenters. The molecule has 1 heterocycles. The molecule has 1 heteroatoms. The van der Waals surface area contributed by atoms with Crippen molar-refractivity contribution >= 4 is 0 Å². The monoisotopic (exact) mass is 203 g/mol. The average molecular weight is 203 g/mol. The zero-order valence-electron chi connectivity index (χ0n) is 9.87. The van der Waals surface area contributed by atoms with E-state index in [9.17, 15) is 0 Å². The van der Waals surface area contributed by atoms with Crippen LogP contribution >= 0.6 is 0 Å². The summed E-state index contributed by atoms with van der Waals surface area (Å²) in [5.74, 6) is 0.623. The first-order valence-electron chi connectivity index (χ1n) is 6.01. The summed E-state index contributed by atoms with van der Waals surface area (Å²) in [5, 5.41) is 0. The van der Waals surface area contributed by atoms with Gasteiger partial charge in [-0.2, -0.15) is 0 Å². The molecule has 0 saturated carbocycles. The predicted octanol–water partition coefficient (Wildman–Crippen LogP) is 3.16. The van der Waals surface area contributed by atoms with Gasteiger partial charge in [-0.3, -0.25) is 0 Å². The second kappa shape index (κ2) is 4.80. The lowest BCUT2D eigenvalue weighted by Crippen LogP contribution is -2.27. The number of rotatable bonds is 0. The molecular formula is C14H21N. The van der Waals surface area contributed by atoms with Crippen LogP contribution in [0.3, 0.4) is 0 Å². The smallest absolute Gasteiger partial charge is 0.0148 e. The number of hydrogen-bond acceptors (Lipinski definition) is 1. The van der Waals surface area contributed by atoms with Crippen LogP contribution in [0.5, 0.6) is 0 Å². The van der Waals surface area contributed by atoms with Crippen LogP contribution in [-0.4, -0.2) is 25.0 Å². The molecule has 0 amide bonds. The van der Waals surface area contributed by atoms with Gasteiger partial charge in [0.1, 0.15) is 0 Å². The van der Waals surface area contributed by atoms with Crippen molar-refractivity contribution in [2.75, 3.05) is 20.1 Å². The Morgan fingerprint density at radius 3 is 3.07 bits per heavy atom. The molecule has 2 rings (SSSR count). The van der Waals surface area contributed by atoms with E-state index >= 15 is 0 Å². The van der Waals surface area contributed by atoms with Crippen molar-refractivity contribution < 1.29 is 0 Å². The lowest BCUT2D eigenvalue weighted by Gasteiger charge is -2.25. The average Bonchev–Trinajstić information content (AvgIpc) is 2.28. The van der Waals surface area contributed by atoms with E-state index < -0.39 is 0 Å².